The second-order valence-corrected chi connectivity index (χ2v) is 7.55. The zero-order valence-corrected chi connectivity index (χ0v) is 16.4. The molecule has 0 fully saturated rings. The first kappa shape index (κ1) is 19.9. The smallest absolute Gasteiger partial charge is 0.323 e. The number of aromatic nitrogens is 1. The number of hydrogen-bond acceptors (Lipinski definition) is 5. The van der Waals surface area contributed by atoms with Crippen molar-refractivity contribution in [1.29, 1.82) is 0 Å². The fraction of sp³-hybridized carbons (Fsp3) is 0.278. The van der Waals surface area contributed by atoms with Crippen molar-refractivity contribution in [3.63, 3.8) is 0 Å². The van der Waals surface area contributed by atoms with E-state index < -0.39 is 11.3 Å². The zero-order chi connectivity index (χ0) is 20.1. The van der Waals surface area contributed by atoms with Gasteiger partial charge in [-0.3, -0.25) is 9.35 Å². The van der Waals surface area contributed by atoms with Crippen LogP contribution in [-0.4, -0.2) is 61.8 Å². The molecule has 0 aliphatic carbocycles. The van der Waals surface area contributed by atoms with Crippen LogP contribution in [0.4, 0.5) is 0 Å². The van der Waals surface area contributed by atoms with Crippen LogP contribution in [0.3, 0.4) is 0 Å². The maximum absolute atomic E-state index is 12.2. The molecule has 0 bridgehead atoms. The van der Waals surface area contributed by atoms with Crippen LogP contribution in [0.5, 0.6) is 0 Å². The van der Waals surface area contributed by atoms with Crippen molar-refractivity contribution in [3.05, 3.63) is 54.5 Å². The van der Waals surface area contributed by atoms with Gasteiger partial charge in [0.2, 0.25) is 0 Å². The van der Waals surface area contributed by atoms with Crippen molar-refractivity contribution in [2.45, 2.75) is 6.42 Å². The summed E-state index contributed by atoms with van der Waals surface area (Å²) in [7, 11) is 3.72. The van der Waals surface area contributed by atoms with Gasteiger partial charge in [0, 0.05) is 24.7 Å². The molecule has 1 aliphatic heterocycles. The van der Waals surface area contributed by atoms with E-state index in [1.165, 1.54) is 4.31 Å². The molecule has 0 saturated carbocycles. The molecule has 1 amide bonds. The third kappa shape index (κ3) is 4.53. The van der Waals surface area contributed by atoms with E-state index in [9.17, 15) is 13.6 Å². The van der Waals surface area contributed by atoms with Crippen LogP contribution in [-0.2, 0) is 11.3 Å². The van der Waals surface area contributed by atoms with Crippen molar-refractivity contribution in [1.82, 2.24) is 14.8 Å². The quantitative estimate of drug-likeness (QED) is 0.416. The van der Waals surface area contributed by atoms with Gasteiger partial charge in [-0.25, -0.2) is 13.0 Å². The van der Waals surface area contributed by atoms with Gasteiger partial charge in [0.15, 0.2) is 11.5 Å². The average Bonchev–Trinajstić information content (AvgIpc) is 3.29. The SMILES string of the molecule is C[N+]1(C)C=CN=C1N(CCCNC(=O)c1cc(-c2ccccc2)on1)S(=O)O. The third-order valence-corrected chi connectivity index (χ3v) is 4.90. The lowest BCUT2D eigenvalue weighted by Gasteiger charge is -2.28. The molecule has 3 rings (SSSR count). The molecular formula is C18H22N5O4S+. The summed E-state index contributed by atoms with van der Waals surface area (Å²) < 4.78 is 28.0. The lowest BCUT2D eigenvalue weighted by molar-refractivity contribution is -0.745. The normalized spacial score (nSPS) is 15.9. The molecule has 28 heavy (non-hydrogen) atoms. The van der Waals surface area contributed by atoms with Gasteiger partial charge in [-0.2, -0.15) is 4.99 Å². The first-order valence-corrected chi connectivity index (χ1v) is 9.73. The highest BCUT2D eigenvalue weighted by atomic mass is 32.2. The summed E-state index contributed by atoms with van der Waals surface area (Å²) in [5.74, 6) is 0.620. The molecule has 1 unspecified atom stereocenters. The van der Waals surface area contributed by atoms with E-state index in [4.69, 9.17) is 4.52 Å². The van der Waals surface area contributed by atoms with Crippen molar-refractivity contribution < 1.29 is 22.6 Å². The van der Waals surface area contributed by atoms with E-state index in [1.807, 2.05) is 50.6 Å². The number of benzene rings is 1. The van der Waals surface area contributed by atoms with E-state index in [-0.39, 0.29) is 22.6 Å². The number of quaternary nitrogens is 1. The summed E-state index contributed by atoms with van der Waals surface area (Å²) in [6.07, 6.45) is 3.87. The van der Waals surface area contributed by atoms with E-state index in [1.54, 1.807) is 12.3 Å². The zero-order valence-electron chi connectivity index (χ0n) is 15.6. The van der Waals surface area contributed by atoms with Gasteiger partial charge in [-0.1, -0.05) is 35.5 Å². The summed E-state index contributed by atoms with van der Waals surface area (Å²) >= 11 is -2.20. The summed E-state index contributed by atoms with van der Waals surface area (Å²) in [5, 5.41) is 6.54. The predicted octanol–water partition coefficient (Wildman–Crippen LogP) is 1.82. The number of rotatable bonds is 7. The van der Waals surface area contributed by atoms with Crippen molar-refractivity contribution in [2.75, 3.05) is 27.2 Å². The Bertz CT molecular complexity index is 923. The molecule has 2 aromatic rings. The van der Waals surface area contributed by atoms with Crippen molar-refractivity contribution in [3.8, 4) is 11.3 Å². The highest BCUT2D eigenvalue weighted by Gasteiger charge is 2.33. The molecule has 10 heteroatoms. The number of carbonyl (C=O) groups excluding carboxylic acids is 1. The molecule has 148 valence electrons. The van der Waals surface area contributed by atoms with E-state index in [0.717, 1.165) is 5.56 Å². The Kier molecular flexibility index (Phi) is 6.02. The predicted molar refractivity (Wildman–Crippen MR) is 105 cm³/mol. The van der Waals surface area contributed by atoms with Crippen LogP contribution in [0.15, 0.2) is 58.3 Å². The Hall–Kier alpha value is -2.82. The molecule has 1 aromatic carbocycles. The number of aliphatic imine (C=N–C) groups is 1. The molecule has 9 nitrogen and oxygen atoms in total. The fourth-order valence-electron chi connectivity index (χ4n) is 2.72. The largest absolute Gasteiger partial charge is 0.355 e. The van der Waals surface area contributed by atoms with Gasteiger partial charge in [0.05, 0.1) is 20.3 Å². The van der Waals surface area contributed by atoms with Crippen LogP contribution in [0, 0.1) is 0 Å². The molecule has 0 saturated heterocycles. The Labute approximate surface area is 165 Å². The van der Waals surface area contributed by atoms with Crippen LogP contribution >= 0.6 is 0 Å². The molecule has 0 spiro atoms. The molecule has 1 aromatic heterocycles. The Morgan fingerprint density at radius 3 is 2.71 bits per heavy atom. The number of guanidine groups is 1. The standard InChI is InChI=1S/C18H21N5O4S/c1-23(2)12-10-20-18(23)22(28(25)26)11-6-9-19-17(24)15-13-16(27-21-15)14-7-4-3-5-8-14/h3-5,7-8,10,12-13H,6,9,11H2,1-2H3,(H-,19,24,25,26)/p+1. The maximum atomic E-state index is 12.2. The van der Waals surface area contributed by atoms with E-state index >= 15 is 0 Å². The Morgan fingerprint density at radius 1 is 1.32 bits per heavy atom. The monoisotopic (exact) mass is 404 g/mol. The summed E-state index contributed by atoms with van der Waals surface area (Å²) in [4.78, 5) is 16.4. The maximum Gasteiger partial charge on any atom is 0.323 e. The lowest BCUT2D eigenvalue weighted by Crippen LogP contribution is -2.50. The van der Waals surface area contributed by atoms with E-state index in [2.05, 4.69) is 15.5 Å². The molecule has 2 N–H and O–H groups in total. The van der Waals surface area contributed by atoms with Crippen LogP contribution in [0.2, 0.25) is 0 Å². The number of amides is 1. The minimum atomic E-state index is -2.20. The molecular weight excluding hydrogens is 382 g/mol. The summed E-state index contributed by atoms with van der Waals surface area (Å²) in [6, 6.07) is 11.0. The first-order valence-electron chi connectivity index (χ1n) is 8.67. The Morgan fingerprint density at radius 2 is 2.07 bits per heavy atom. The first-order chi connectivity index (χ1) is 13.4. The summed E-state index contributed by atoms with van der Waals surface area (Å²) in [5.41, 5.74) is 1.02. The van der Waals surface area contributed by atoms with Gasteiger partial charge in [-0.05, 0) is 6.42 Å². The molecule has 1 atom stereocenters. The number of hydrogen-bond donors (Lipinski definition) is 2. The average molecular weight is 404 g/mol. The van der Waals surface area contributed by atoms with Crippen molar-refractivity contribution in [2.24, 2.45) is 4.99 Å². The van der Waals surface area contributed by atoms with Gasteiger partial charge in [0.1, 0.15) is 6.20 Å². The van der Waals surface area contributed by atoms with Gasteiger partial charge < -0.3 is 9.84 Å². The minimum absolute atomic E-state index is 0.184. The highest BCUT2D eigenvalue weighted by Crippen LogP contribution is 2.19. The van der Waals surface area contributed by atoms with Crippen LogP contribution in [0.1, 0.15) is 16.9 Å². The number of carbonyl (C=O) groups is 1. The van der Waals surface area contributed by atoms with Crippen LogP contribution in [0.25, 0.3) is 11.3 Å². The summed E-state index contributed by atoms with van der Waals surface area (Å²) in [6.45, 7) is 0.577. The highest BCUT2D eigenvalue weighted by molar-refractivity contribution is 7.77. The third-order valence-electron chi connectivity index (χ3n) is 4.18. The molecule has 1 aliphatic rings. The second-order valence-electron chi connectivity index (χ2n) is 6.65. The lowest BCUT2D eigenvalue weighted by atomic mass is 10.1. The van der Waals surface area contributed by atoms with Gasteiger partial charge >= 0.3 is 5.96 Å². The topological polar surface area (TPSA) is 108 Å². The molecule has 2 heterocycles. The van der Waals surface area contributed by atoms with Crippen LogP contribution < -0.4 is 5.32 Å². The number of nitrogens with one attached hydrogen (secondary N) is 1. The van der Waals surface area contributed by atoms with Gasteiger partial charge in [0.25, 0.3) is 17.2 Å². The minimum Gasteiger partial charge on any atom is -0.355 e. The fourth-order valence-corrected chi connectivity index (χ4v) is 3.40. The second kappa shape index (κ2) is 8.46. The Balaban J connectivity index is 1.51. The van der Waals surface area contributed by atoms with E-state index in [0.29, 0.717) is 24.7 Å². The van der Waals surface area contributed by atoms with Gasteiger partial charge in [-0.15, -0.1) is 0 Å². The number of nitrogens with zero attached hydrogens (tertiary/aromatic N) is 4. The van der Waals surface area contributed by atoms with Crippen molar-refractivity contribution >= 4 is 23.1 Å². The molecule has 0 radical (unpaired) electrons.